The van der Waals surface area contributed by atoms with Gasteiger partial charge in [-0.3, -0.25) is 0 Å². The van der Waals surface area contributed by atoms with Crippen molar-refractivity contribution in [2.24, 2.45) is 11.5 Å². The van der Waals surface area contributed by atoms with Crippen molar-refractivity contribution in [2.75, 3.05) is 11.5 Å². The van der Waals surface area contributed by atoms with E-state index in [0.717, 1.165) is 23.5 Å². The highest BCUT2D eigenvalue weighted by molar-refractivity contribution is 5.47. The first-order valence-electron chi connectivity index (χ1n) is 5.44. The van der Waals surface area contributed by atoms with Crippen LogP contribution >= 0.6 is 0 Å². The normalized spacial score (nSPS) is 22.4. The van der Waals surface area contributed by atoms with Gasteiger partial charge in [0.2, 0.25) is 0 Å². The lowest BCUT2D eigenvalue weighted by Gasteiger charge is -2.21. The van der Waals surface area contributed by atoms with Gasteiger partial charge in [0.15, 0.2) is 0 Å². The van der Waals surface area contributed by atoms with E-state index in [0.29, 0.717) is 0 Å². The topological polar surface area (TPSA) is 104 Å². The van der Waals surface area contributed by atoms with Crippen LogP contribution in [0.5, 0.6) is 0 Å². The molecule has 0 saturated heterocycles. The number of hydrogen-bond donors (Lipinski definition) is 4. The lowest BCUT2D eigenvalue weighted by atomic mass is 9.94. The number of allylic oxidation sites excluding steroid dienone is 1. The van der Waals surface area contributed by atoms with Crippen LogP contribution in [0, 0.1) is 0 Å². The maximum Gasteiger partial charge on any atom is 0.0350 e. The molecule has 1 atom stereocenters. The standard InChI is InChI=1S/C7H12N2.C6H8N2/c1-7(9)4-2-6(8)3-5-7;7-5-1-2-6(8)4-3-5/h2-4H,5,8-9H2,1H3;1-4H,7-8H2. The number of rotatable bonds is 0. The zero-order chi connectivity index (χ0) is 12.9. The van der Waals surface area contributed by atoms with E-state index in [4.69, 9.17) is 22.9 Å². The molecule has 1 aliphatic rings. The van der Waals surface area contributed by atoms with Crippen LogP contribution in [0.25, 0.3) is 0 Å². The lowest BCUT2D eigenvalue weighted by Crippen LogP contribution is -2.34. The van der Waals surface area contributed by atoms with E-state index in [1.807, 2.05) is 25.2 Å². The highest BCUT2D eigenvalue weighted by Crippen LogP contribution is 2.14. The van der Waals surface area contributed by atoms with E-state index < -0.39 is 0 Å². The first kappa shape index (κ1) is 13.1. The second-order valence-corrected chi connectivity index (χ2v) is 4.41. The van der Waals surface area contributed by atoms with E-state index in [1.165, 1.54) is 0 Å². The van der Waals surface area contributed by atoms with Crippen molar-refractivity contribution in [1.29, 1.82) is 0 Å². The molecule has 1 aromatic carbocycles. The molecular weight excluding hydrogens is 212 g/mol. The summed E-state index contributed by atoms with van der Waals surface area (Å²) in [5.41, 5.74) is 24.1. The second kappa shape index (κ2) is 5.41. The van der Waals surface area contributed by atoms with Gasteiger partial charge in [0.1, 0.15) is 0 Å². The van der Waals surface area contributed by atoms with Crippen molar-refractivity contribution in [3.8, 4) is 0 Å². The van der Waals surface area contributed by atoms with Crippen molar-refractivity contribution in [1.82, 2.24) is 0 Å². The Hall–Kier alpha value is -1.94. The number of benzene rings is 1. The highest BCUT2D eigenvalue weighted by atomic mass is 14.7. The molecule has 2 rings (SSSR count). The first-order valence-corrected chi connectivity index (χ1v) is 5.44. The van der Waals surface area contributed by atoms with Crippen LogP contribution in [-0.4, -0.2) is 5.54 Å². The predicted octanol–water partition coefficient (Wildman–Crippen LogP) is 1.36. The summed E-state index contributed by atoms with van der Waals surface area (Å²) in [6, 6.07) is 7.09. The molecule has 0 saturated carbocycles. The van der Waals surface area contributed by atoms with Crippen LogP contribution in [0.3, 0.4) is 0 Å². The quantitative estimate of drug-likeness (QED) is 0.507. The average molecular weight is 232 g/mol. The van der Waals surface area contributed by atoms with Crippen LogP contribution in [-0.2, 0) is 0 Å². The Morgan fingerprint density at radius 3 is 1.76 bits per heavy atom. The summed E-state index contributed by atoms with van der Waals surface area (Å²) >= 11 is 0. The Morgan fingerprint density at radius 1 is 1.00 bits per heavy atom. The molecular formula is C13H20N4. The van der Waals surface area contributed by atoms with Gasteiger partial charge >= 0.3 is 0 Å². The SMILES string of the molecule is CC1(N)C=CC(N)=CC1.Nc1ccc(N)cc1. The molecule has 92 valence electrons. The number of nitrogen functional groups attached to an aromatic ring is 2. The van der Waals surface area contributed by atoms with Crippen LogP contribution in [0.2, 0.25) is 0 Å². The Morgan fingerprint density at radius 2 is 1.47 bits per heavy atom. The van der Waals surface area contributed by atoms with Crippen LogP contribution in [0.15, 0.2) is 48.2 Å². The maximum absolute atomic E-state index is 5.75. The minimum absolute atomic E-state index is 0.178. The predicted molar refractivity (Wildman–Crippen MR) is 73.9 cm³/mol. The van der Waals surface area contributed by atoms with Crippen LogP contribution in [0.1, 0.15) is 13.3 Å². The smallest absolute Gasteiger partial charge is 0.0350 e. The number of hydrogen-bond acceptors (Lipinski definition) is 4. The third-order valence-electron chi connectivity index (χ3n) is 2.37. The van der Waals surface area contributed by atoms with E-state index >= 15 is 0 Å². The Bertz CT molecular complexity index is 395. The van der Waals surface area contributed by atoms with Gasteiger partial charge in [0.05, 0.1) is 0 Å². The Kier molecular flexibility index (Phi) is 4.17. The molecule has 0 heterocycles. The molecule has 0 bridgehead atoms. The summed E-state index contributed by atoms with van der Waals surface area (Å²) in [4.78, 5) is 0. The van der Waals surface area contributed by atoms with Gasteiger partial charge in [0, 0.05) is 22.6 Å². The number of nitrogens with two attached hydrogens (primary N) is 4. The molecule has 0 aliphatic heterocycles. The number of anilines is 2. The van der Waals surface area contributed by atoms with E-state index in [-0.39, 0.29) is 5.54 Å². The monoisotopic (exact) mass is 232 g/mol. The molecule has 8 N–H and O–H groups in total. The fourth-order valence-electron chi connectivity index (χ4n) is 1.26. The van der Waals surface area contributed by atoms with Gasteiger partial charge in [-0.25, -0.2) is 0 Å². The summed E-state index contributed by atoms with van der Waals surface area (Å²) in [5, 5.41) is 0. The fourth-order valence-corrected chi connectivity index (χ4v) is 1.26. The van der Waals surface area contributed by atoms with Crippen molar-refractivity contribution in [2.45, 2.75) is 18.9 Å². The van der Waals surface area contributed by atoms with Crippen molar-refractivity contribution in [3.63, 3.8) is 0 Å². The van der Waals surface area contributed by atoms with Gasteiger partial charge in [-0.2, -0.15) is 0 Å². The second-order valence-electron chi connectivity index (χ2n) is 4.41. The van der Waals surface area contributed by atoms with E-state index in [2.05, 4.69) is 0 Å². The Labute approximate surface area is 102 Å². The summed E-state index contributed by atoms with van der Waals surface area (Å²) < 4.78 is 0. The van der Waals surface area contributed by atoms with Gasteiger partial charge < -0.3 is 22.9 Å². The van der Waals surface area contributed by atoms with E-state index in [1.54, 1.807) is 24.3 Å². The third-order valence-corrected chi connectivity index (χ3v) is 2.37. The van der Waals surface area contributed by atoms with Gasteiger partial charge in [-0.1, -0.05) is 12.2 Å². The third kappa shape index (κ3) is 5.08. The van der Waals surface area contributed by atoms with Crippen molar-refractivity contribution in [3.05, 3.63) is 48.2 Å². The summed E-state index contributed by atoms with van der Waals surface area (Å²) in [6.07, 6.45) is 6.57. The minimum Gasteiger partial charge on any atom is -0.399 e. The summed E-state index contributed by atoms with van der Waals surface area (Å²) in [6.45, 7) is 1.98. The van der Waals surface area contributed by atoms with Gasteiger partial charge in [-0.15, -0.1) is 0 Å². The molecule has 0 amide bonds. The molecule has 1 aromatic rings. The molecule has 4 heteroatoms. The van der Waals surface area contributed by atoms with Crippen LogP contribution < -0.4 is 22.9 Å². The van der Waals surface area contributed by atoms with Crippen LogP contribution in [0.4, 0.5) is 11.4 Å². The summed E-state index contributed by atoms with van der Waals surface area (Å²) in [5.74, 6) is 0. The molecule has 4 nitrogen and oxygen atoms in total. The Balaban J connectivity index is 0.000000171. The first-order chi connectivity index (χ1) is 7.89. The molecule has 17 heavy (non-hydrogen) atoms. The molecule has 0 spiro atoms. The zero-order valence-corrected chi connectivity index (χ0v) is 10.1. The molecule has 1 aliphatic carbocycles. The largest absolute Gasteiger partial charge is 0.399 e. The maximum atomic E-state index is 5.75. The minimum atomic E-state index is -0.178. The van der Waals surface area contributed by atoms with Crippen molar-refractivity contribution >= 4 is 11.4 Å². The fraction of sp³-hybridized carbons (Fsp3) is 0.231. The summed E-state index contributed by atoms with van der Waals surface area (Å²) in [7, 11) is 0. The van der Waals surface area contributed by atoms with Crippen molar-refractivity contribution < 1.29 is 0 Å². The molecule has 0 aromatic heterocycles. The molecule has 1 unspecified atom stereocenters. The van der Waals surface area contributed by atoms with E-state index in [9.17, 15) is 0 Å². The van der Waals surface area contributed by atoms with Gasteiger partial charge in [-0.05, 0) is 43.7 Å². The average Bonchev–Trinajstić information content (AvgIpc) is 2.28. The zero-order valence-electron chi connectivity index (χ0n) is 10.1. The highest BCUT2D eigenvalue weighted by Gasteiger charge is 2.14. The lowest BCUT2D eigenvalue weighted by molar-refractivity contribution is 0.586. The van der Waals surface area contributed by atoms with Gasteiger partial charge in [0.25, 0.3) is 0 Å². The molecule has 0 fully saturated rings. The molecule has 0 radical (unpaired) electrons.